The summed E-state index contributed by atoms with van der Waals surface area (Å²) < 4.78 is 55.6. The number of piperazine rings is 1. The molecule has 2 aromatic carbocycles. The highest BCUT2D eigenvalue weighted by Gasteiger charge is 2.51. The number of nitrogens with zero attached hydrogens (tertiary/aromatic N) is 3. The van der Waals surface area contributed by atoms with E-state index in [2.05, 4.69) is 31.6 Å². The molecule has 4 aliphatic heterocycles. The number of hydrogen-bond acceptors (Lipinski definition) is 10. The minimum absolute atomic E-state index is 0.196. The van der Waals surface area contributed by atoms with Gasteiger partial charge in [-0.05, 0) is 111 Å². The largest absolute Gasteiger partial charge is 0.490 e. The third-order valence-electron chi connectivity index (χ3n) is 14.4. The zero-order valence-corrected chi connectivity index (χ0v) is 35.1. The first-order valence-corrected chi connectivity index (χ1v) is 22.9. The van der Waals surface area contributed by atoms with E-state index in [0.717, 1.165) is 120 Å². The Morgan fingerprint density at radius 3 is 2.70 bits per heavy atom. The van der Waals surface area contributed by atoms with Crippen LogP contribution in [0.25, 0.3) is 0 Å². The molecule has 56 heavy (non-hydrogen) atoms. The maximum atomic E-state index is 14.1. The van der Waals surface area contributed by atoms with Crippen LogP contribution in [0.3, 0.4) is 0 Å². The highest BCUT2D eigenvalue weighted by molar-refractivity contribution is 7.90. The second-order valence-electron chi connectivity index (χ2n) is 17.7. The number of fused-ring (bicyclic) bond motifs is 5. The van der Waals surface area contributed by atoms with Crippen molar-refractivity contribution in [2.24, 2.45) is 17.8 Å². The van der Waals surface area contributed by atoms with Crippen LogP contribution in [-0.4, -0.2) is 127 Å². The molecule has 1 N–H and O–H groups in total. The molecule has 6 aliphatic rings. The maximum absolute atomic E-state index is 14.1. The molecule has 2 bridgehead atoms. The Bertz CT molecular complexity index is 1850. The predicted molar refractivity (Wildman–Crippen MR) is 218 cm³/mol. The molecule has 0 radical (unpaired) electrons. The van der Waals surface area contributed by atoms with Crippen molar-refractivity contribution in [2.45, 2.75) is 87.0 Å². The monoisotopic (exact) mass is 812 g/mol. The van der Waals surface area contributed by atoms with Gasteiger partial charge in [0.15, 0.2) is 0 Å². The standard InChI is InChI=1S/C43H61ClN4O7S/c1-30-6-4-16-43(53-3,28-46-17-18-47-19-21-54-26-35(47)25-46)37-11-8-33(37)24-48-27-42(15-5-7-31-22-34(44)10-12-36(31)42)29-55-39-13-9-32(23-38(39)48)41(49)45-56(50,51)40(30)14-20-52-2/h9-10,12-13,22-23,30,33,35,37,40H,4-8,11,14-21,24-29H2,1-3H3,(H,45,49)/t30-,33-,35-,37+,40+,42-,43+/m0/s1. The molecule has 1 amide bonds. The molecular weight excluding hydrogens is 752 g/mol. The first kappa shape index (κ1) is 40.3. The predicted octanol–water partition coefficient (Wildman–Crippen LogP) is 5.53. The Labute approximate surface area is 338 Å². The van der Waals surface area contributed by atoms with Gasteiger partial charge in [0.25, 0.3) is 5.91 Å². The number of sulfonamides is 1. The van der Waals surface area contributed by atoms with E-state index in [0.29, 0.717) is 42.9 Å². The molecule has 0 aromatic heterocycles. The number of anilines is 1. The van der Waals surface area contributed by atoms with Gasteiger partial charge in [-0.15, -0.1) is 0 Å². The second kappa shape index (κ2) is 16.7. The maximum Gasteiger partial charge on any atom is 0.264 e. The van der Waals surface area contributed by atoms with Crippen LogP contribution in [0, 0.1) is 17.8 Å². The number of aryl methyl sites for hydroxylation is 1. The van der Waals surface area contributed by atoms with Crippen molar-refractivity contribution in [1.29, 1.82) is 0 Å². The van der Waals surface area contributed by atoms with Gasteiger partial charge in [0.2, 0.25) is 10.0 Å². The first-order chi connectivity index (χ1) is 27.0. The SMILES string of the molecule is COCC[C@@H]1[C@@H](C)CCC[C@](CN2CCN3CCOC[C@@H]3C2)(OC)[C@@H]2CC[C@H]2CN2C[C@@]3(CCCc4cc(Cl)ccc43)COc3ccc(cc32)C(=O)NS1(=O)=O. The van der Waals surface area contributed by atoms with Gasteiger partial charge in [-0.3, -0.25) is 14.6 Å². The lowest BCUT2D eigenvalue weighted by molar-refractivity contribution is -0.140. The molecule has 13 heteroatoms. The summed E-state index contributed by atoms with van der Waals surface area (Å²) in [5.41, 5.74) is 3.04. The molecule has 11 nitrogen and oxygen atoms in total. The number of morpholine rings is 1. The van der Waals surface area contributed by atoms with E-state index in [9.17, 15) is 13.2 Å². The van der Waals surface area contributed by atoms with Crippen molar-refractivity contribution in [3.8, 4) is 5.75 Å². The van der Waals surface area contributed by atoms with Crippen molar-refractivity contribution in [2.75, 3.05) is 91.4 Å². The summed E-state index contributed by atoms with van der Waals surface area (Å²) in [7, 11) is -0.553. The Balaban J connectivity index is 1.18. The van der Waals surface area contributed by atoms with Gasteiger partial charge in [0.05, 0.1) is 36.4 Å². The van der Waals surface area contributed by atoms with E-state index in [1.165, 1.54) is 11.1 Å². The number of amides is 1. The Morgan fingerprint density at radius 2 is 1.89 bits per heavy atom. The van der Waals surface area contributed by atoms with Crippen LogP contribution in [0.1, 0.15) is 79.8 Å². The van der Waals surface area contributed by atoms with Crippen molar-refractivity contribution < 1.29 is 32.2 Å². The summed E-state index contributed by atoms with van der Waals surface area (Å²) in [5, 5.41) is -0.0359. The molecule has 2 aromatic rings. The number of ether oxygens (including phenoxy) is 4. The van der Waals surface area contributed by atoms with Gasteiger partial charge in [0.1, 0.15) is 5.75 Å². The van der Waals surface area contributed by atoms with Crippen LogP contribution in [0.15, 0.2) is 36.4 Å². The number of hydrogen-bond donors (Lipinski definition) is 1. The number of rotatable bonds is 6. The molecule has 8 rings (SSSR count). The molecule has 2 aliphatic carbocycles. The molecule has 308 valence electrons. The summed E-state index contributed by atoms with van der Waals surface area (Å²) >= 11 is 6.53. The smallest absolute Gasteiger partial charge is 0.264 e. The minimum Gasteiger partial charge on any atom is -0.490 e. The Morgan fingerprint density at radius 1 is 1.02 bits per heavy atom. The van der Waals surface area contributed by atoms with Gasteiger partial charge in [0, 0.05) is 88.7 Å². The summed E-state index contributed by atoms with van der Waals surface area (Å²) in [5.74, 6) is 0.587. The highest BCUT2D eigenvalue weighted by Crippen LogP contribution is 2.50. The Kier molecular flexibility index (Phi) is 12.0. The fourth-order valence-corrected chi connectivity index (χ4v) is 13.1. The molecule has 1 spiro atoms. The average molecular weight is 814 g/mol. The molecule has 4 heterocycles. The lowest BCUT2D eigenvalue weighted by atomic mass is 9.62. The average Bonchev–Trinajstić information content (AvgIpc) is 3.32. The van der Waals surface area contributed by atoms with Gasteiger partial charge in [-0.25, -0.2) is 13.1 Å². The number of nitrogens with one attached hydrogen (secondary N) is 1. The topological polar surface area (TPSA) is 110 Å². The summed E-state index contributed by atoms with van der Waals surface area (Å²) in [6.45, 7) is 10.7. The fraction of sp³-hybridized carbons (Fsp3) is 0.698. The fourth-order valence-electron chi connectivity index (χ4n) is 11.2. The van der Waals surface area contributed by atoms with Crippen LogP contribution in [0.2, 0.25) is 5.02 Å². The number of halogens is 1. The van der Waals surface area contributed by atoms with Crippen LogP contribution in [-0.2, 0) is 36.1 Å². The number of carbonyl (C=O) groups excluding carboxylic acids is 1. The van der Waals surface area contributed by atoms with Gasteiger partial charge >= 0.3 is 0 Å². The first-order valence-electron chi connectivity index (χ1n) is 21.0. The molecule has 2 saturated heterocycles. The molecule has 3 fully saturated rings. The van der Waals surface area contributed by atoms with E-state index in [1.807, 2.05) is 32.2 Å². The highest BCUT2D eigenvalue weighted by atomic mass is 35.5. The minimum atomic E-state index is -4.04. The van der Waals surface area contributed by atoms with E-state index >= 15 is 0 Å². The number of carbonyl (C=O) groups is 1. The van der Waals surface area contributed by atoms with E-state index in [4.69, 9.17) is 30.5 Å². The van der Waals surface area contributed by atoms with Crippen molar-refractivity contribution in [3.63, 3.8) is 0 Å². The lowest BCUT2D eigenvalue weighted by Gasteiger charge is -2.54. The van der Waals surface area contributed by atoms with Gasteiger partial charge in [-0.2, -0.15) is 0 Å². The molecule has 1 saturated carbocycles. The van der Waals surface area contributed by atoms with Gasteiger partial charge in [-0.1, -0.05) is 31.0 Å². The third kappa shape index (κ3) is 7.97. The van der Waals surface area contributed by atoms with Crippen LogP contribution in [0.4, 0.5) is 5.69 Å². The van der Waals surface area contributed by atoms with Crippen molar-refractivity contribution >= 4 is 33.2 Å². The molecular formula is C43H61ClN4O7S. The zero-order valence-electron chi connectivity index (χ0n) is 33.5. The normalized spacial score (nSPS) is 33.9. The van der Waals surface area contributed by atoms with Crippen LogP contribution in [0.5, 0.6) is 5.75 Å². The van der Waals surface area contributed by atoms with Crippen molar-refractivity contribution in [1.82, 2.24) is 14.5 Å². The van der Waals surface area contributed by atoms with E-state index in [-0.39, 0.29) is 17.9 Å². The quantitative estimate of drug-likeness (QED) is 0.401. The summed E-state index contributed by atoms with van der Waals surface area (Å²) in [4.78, 5) is 21.6. The van der Waals surface area contributed by atoms with Crippen LogP contribution < -0.4 is 14.4 Å². The Hall–Kier alpha value is -2.45. The van der Waals surface area contributed by atoms with E-state index in [1.54, 1.807) is 13.2 Å². The summed E-state index contributed by atoms with van der Waals surface area (Å²) in [6, 6.07) is 12.1. The molecule has 0 unspecified atom stereocenters. The van der Waals surface area contributed by atoms with E-state index < -0.39 is 26.8 Å². The molecule has 7 atom stereocenters. The summed E-state index contributed by atoms with van der Waals surface area (Å²) in [6.07, 6.45) is 7.83. The van der Waals surface area contributed by atoms with Crippen molar-refractivity contribution in [3.05, 3.63) is 58.1 Å². The van der Waals surface area contributed by atoms with Gasteiger partial charge < -0.3 is 23.8 Å². The lowest BCUT2D eigenvalue weighted by Crippen LogP contribution is -2.63. The number of methoxy groups -OCH3 is 2. The second-order valence-corrected chi connectivity index (χ2v) is 20.0. The van der Waals surface area contributed by atoms with Crippen LogP contribution >= 0.6 is 11.6 Å². The zero-order chi connectivity index (χ0) is 39.1. The number of benzene rings is 2. The third-order valence-corrected chi connectivity index (χ3v) is 16.6.